The highest BCUT2D eigenvalue weighted by atomic mass is 16.5. The lowest BCUT2D eigenvalue weighted by atomic mass is 10.2. The quantitative estimate of drug-likeness (QED) is 0.557. The van der Waals surface area contributed by atoms with Crippen LogP contribution in [0.1, 0.15) is 13.8 Å². The van der Waals surface area contributed by atoms with Gasteiger partial charge in [0.15, 0.2) is 0 Å². The van der Waals surface area contributed by atoms with Gasteiger partial charge in [0.25, 0.3) is 0 Å². The maximum atomic E-state index is 5.28. The van der Waals surface area contributed by atoms with Gasteiger partial charge in [0.05, 0.1) is 19.8 Å². The molecular formula is C8H19NO2. The summed E-state index contributed by atoms with van der Waals surface area (Å²) >= 11 is 0. The second kappa shape index (κ2) is 7.98. The Morgan fingerprint density at radius 2 is 1.73 bits per heavy atom. The zero-order chi connectivity index (χ0) is 8.53. The SMILES string of the molecule is CC(C)COCCOCCN. The Kier molecular flexibility index (Phi) is 7.89. The predicted molar refractivity (Wildman–Crippen MR) is 45.5 cm³/mol. The molecule has 0 aromatic rings. The molecule has 0 aliphatic heterocycles. The summed E-state index contributed by atoms with van der Waals surface area (Å²) in [5.74, 6) is 0.601. The van der Waals surface area contributed by atoms with Crippen molar-refractivity contribution in [3.8, 4) is 0 Å². The minimum Gasteiger partial charge on any atom is -0.379 e. The van der Waals surface area contributed by atoms with Crippen LogP contribution in [0.25, 0.3) is 0 Å². The summed E-state index contributed by atoms with van der Waals surface area (Å²) in [6, 6.07) is 0. The topological polar surface area (TPSA) is 44.5 Å². The van der Waals surface area contributed by atoms with Crippen LogP contribution in [0.5, 0.6) is 0 Å². The van der Waals surface area contributed by atoms with Crippen molar-refractivity contribution >= 4 is 0 Å². The molecule has 68 valence electrons. The van der Waals surface area contributed by atoms with Gasteiger partial charge in [-0.25, -0.2) is 0 Å². The molecule has 0 unspecified atom stereocenters. The van der Waals surface area contributed by atoms with E-state index >= 15 is 0 Å². The van der Waals surface area contributed by atoms with E-state index in [-0.39, 0.29) is 0 Å². The van der Waals surface area contributed by atoms with Crippen LogP contribution >= 0.6 is 0 Å². The summed E-state index contributed by atoms with van der Waals surface area (Å²) in [5.41, 5.74) is 5.23. The molecule has 0 atom stereocenters. The maximum Gasteiger partial charge on any atom is 0.0701 e. The van der Waals surface area contributed by atoms with E-state index in [9.17, 15) is 0 Å². The fourth-order valence-corrected chi connectivity index (χ4v) is 0.622. The largest absolute Gasteiger partial charge is 0.379 e. The average molecular weight is 161 g/mol. The Labute approximate surface area is 68.9 Å². The maximum absolute atomic E-state index is 5.28. The smallest absolute Gasteiger partial charge is 0.0701 e. The van der Waals surface area contributed by atoms with Gasteiger partial charge in [-0.2, -0.15) is 0 Å². The number of hydrogen-bond donors (Lipinski definition) is 1. The van der Waals surface area contributed by atoms with E-state index in [1.165, 1.54) is 0 Å². The van der Waals surface area contributed by atoms with Crippen LogP contribution in [-0.2, 0) is 9.47 Å². The molecule has 0 saturated heterocycles. The molecule has 0 aromatic heterocycles. The molecule has 0 saturated carbocycles. The van der Waals surface area contributed by atoms with Crippen molar-refractivity contribution in [3.05, 3.63) is 0 Å². The van der Waals surface area contributed by atoms with E-state index in [0.717, 1.165) is 6.61 Å². The molecule has 3 heteroatoms. The van der Waals surface area contributed by atoms with Gasteiger partial charge in [-0.15, -0.1) is 0 Å². The molecule has 0 rings (SSSR count). The molecule has 0 aliphatic carbocycles. The standard InChI is InChI=1S/C8H19NO2/c1-8(2)7-11-6-5-10-4-3-9/h8H,3-7,9H2,1-2H3. The summed E-state index contributed by atoms with van der Waals surface area (Å²) in [6.45, 7) is 7.62. The van der Waals surface area contributed by atoms with Gasteiger partial charge in [-0.3, -0.25) is 0 Å². The predicted octanol–water partition coefficient (Wildman–Crippen LogP) is 0.634. The van der Waals surface area contributed by atoms with E-state index < -0.39 is 0 Å². The van der Waals surface area contributed by atoms with Crippen LogP contribution in [0.3, 0.4) is 0 Å². The third-order valence-corrected chi connectivity index (χ3v) is 1.09. The van der Waals surface area contributed by atoms with Gasteiger partial charge in [0.2, 0.25) is 0 Å². The molecule has 11 heavy (non-hydrogen) atoms. The van der Waals surface area contributed by atoms with Crippen molar-refractivity contribution in [3.63, 3.8) is 0 Å². The molecule has 0 spiro atoms. The second-order valence-electron chi connectivity index (χ2n) is 2.87. The van der Waals surface area contributed by atoms with Crippen LogP contribution in [0.2, 0.25) is 0 Å². The van der Waals surface area contributed by atoms with Crippen molar-refractivity contribution in [2.24, 2.45) is 11.7 Å². The van der Waals surface area contributed by atoms with Crippen molar-refractivity contribution < 1.29 is 9.47 Å². The summed E-state index contributed by atoms with van der Waals surface area (Å²) in [5, 5.41) is 0. The number of nitrogens with two attached hydrogens (primary N) is 1. The first-order valence-corrected chi connectivity index (χ1v) is 4.13. The Hall–Kier alpha value is -0.120. The zero-order valence-electron chi connectivity index (χ0n) is 7.51. The Bertz CT molecular complexity index is 76.5. The highest BCUT2D eigenvalue weighted by Crippen LogP contribution is 1.91. The molecule has 3 nitrogen and oxygen atoms in total. The molecule has 2 N–H and O–H groups in total. The molecule has 0 aromatic carbocycles. The lowest BCUT2D eigenvalue weighted by molar-refractivity contribution is 0.0404. The van der Waals surface area contributed by atoms with Crippen LogP contribution in [0, 0.1) is 5.92 Å². The van der Waals surface area contributed by atoms with Crippen LogP contribution in [0.15, 0.2) is 0 Å². The number of hydrogen-bond acceptors (Lipinski definition) is 3. The van der Waals surface area contributed by atoms with E-state index in [2.05, 4.69) is 13.8 Å². The first-order valence-electron chi connectivity index (χ1n) is 4.13. The highest BCUT2D eigenvalue weighted by molar-refractivity contribution is 4.39. The fraction of sp³-hybridized carbons (Fsp3) is 1.00. The molecule has 0 radical (unpaired) electrons. The molecule has 0 bridgehead atoms. The summed E-state index contributed by atoms with van der Waals surface area (Å²) in [7, 11) is 0. The van der Waals surface area contributed by atoms with Gasteiger partial charge in [0.1, 0.15) is 0 Å². The number of rotatable bonds is 7. The molecule has 0 amide bonds. The van der Waals surface area contributed by atoms with Crippen molar-refractivity contribution in [2.45, 2.75) is 13.8 Å². The molecular weight excluding hydrogens is 142 g/mol. The van der Waals surface area contributed by atoms with Crippen LogP contribution < -0.4 is 5.73 Å². The average Bonchev–Trinajstić information content (AvgIpc) is 1.96. The molecule has 0 aliphatic rings. The van der Waals surface area contributed by atoms with Gasteiger partial charge in [0, 0.05) is 13.2 Å². The Morgan fingerprint density at radius 1 is 1.09 bits per heavy atom. The lowest BCUT2D eigenvalue weighted by Crippen LogP contribution is -2.13. The van der Waals surface area contributed by atoms with E-state index in [1.807, 2.05) is 0 Å². The second-order valence-corrected chi connectivity index (χ2v) is 2.87. The number of ether oxygens (including phenoxy) is 2. The Balaban J connectivity index is 2.80. The van der Waals surface area contributed by atoms with Crippen LogP contribution in [0.4, 0.5) is 0 Å². The van der Waals surface area contributed by atoms with E-state index in [1.54, 1.807) is 0 Å². The van der Waals surface area contributed by atoms with Crippen LogP contribution in [-0.4, -0.2) is 33.0 Å². The first-order chi connectivity index (χ1) is 5.27. The third kappa shape index (κ3) is 9.88. The molecule has 0 heterocycles. The minimum atomic E-state index is 0.587. The third-order valence-electron chi connectivity index (χ3n) is 1.09. The monoisotopic (exact) mass is 161 g/mol. The summed E-state index contributed by atoms with van der Waals surface area (Å²) in [6.07, 6.45) is 0. The van der Waals surface area contributed by atoms with Gasteiger partial charge >= 0.3 is 0 Å². The fourth-order valence-electron chi connectivity index (χ4n) is 0.622. The molecule has 0 fully saturated rings. The Morgan fingerprint density at radius 3 is 2.27 bits per heavy atom. The highest BCUT2D eigenvalue weighted by Gasteiger charge is 1.92. The van der Waals surface area contributed by atoms with Crippen molar-refractivity contribution in [1.82, 2.24) is 0 Å². The summed E-state index contributed by atoms with van der Waals surface area (Å²) in [4.78, 5) is 0. The van der Waals surface area contributed by atoms with Crippen molar-refractivity contribution in [2.75, 3.05) is 33.0 Å². The van der Waals surface area contributed by atoms with Gasteiger partial charge < -0.3 is 15.2 Å². The van der Waals surface area contributed by atoms with E-state index in [0.29, 0.717) is 32.3 Å². The first kappa shape index (κ1) is 10.9. The minimum absolute atomic E-state index is 0.587. The van der Waals surface area contributed by atoms with Gasteiger partial charge in [-0.1, -0.05) is 13.8 Å². The zero-order valence-corrected chi connectivity index (χ0v) is 7.51. The van der Waals surface area contributed by atoms with Crippen molar-refractivity contribution in [1.29, 1.82) is 0 Å². The normalized spacial score (nSPS) is 10.9. The summed E-state index contributed by atoms with van der Waals surface area (Å²) < 4.78 is 10.4. The van der Waals surface area contributed by atoms with E-state index in [4.69, 9.17) is 15.2 Å². The lowest BCUT2D eigenvalue weighted by Gasteiger charge is -2.06. The van der Waals surface area contributed by atoms with Gasteiger partial charge in [-0.05, 0) is 5.92 Å².